The smallest absolute Gasteiger partial charge is 0.103 e. The van der Waals surface area contributed by atoms with Gasteiger partial charge in [-0.15, -0.1) is 0 Å². The molecule has 0 aromatic heterocycles. The van der Waals surface area contributed by atoms with Gasteiger partial charge in [-0.25, -0.2) is 0 Å². The maximum Gasteiger partial charge on any atom is 0.103 e. The van der Waals surface area contributed by atoms with Crippen molar-refractivity contribution >= 4 is 16.8 Å². The molecule has 0 saturated heterocycles. The molecule has 0 amide bonds. The molecule has 0 bridgehead atoms. The highest BCUT2D eigenvalue weighted by Crippen LogP contribution is 2.21. The van der Waals surface area contributed by atoms with Gasteiger partial charge in [-0.2, -0.15) is 0 Å². The van der Waals surface area contributed by atoms with Gasteiger partial charge in [0.2, 0.25) is 0 Å². The van der Waals surface area contributed by atoms with Crippen molar-refractivity contribution in [1.29, 1.82) is 0 Å². The molecule has 0 spiro atoms. The second-order valence-electron chi connectivity index (χ2n) is 2.95. The lowest BCUT2D eigenvalue weighted by atomic mass is 9.90. The molecule has 0 radical (unpaired) electrons. The molecule has 80 valence electrons. The molecular formula is C11H24ClN. The second kappa shape index (κ2) is 10.0. The van der Waals surface area contributed by atoms with E-state index in [4.69, 9.17) is 11.6 Å². The highest BCUT2D eigenvalue weighted by Gasteiger charge is 2.17. The maximum atomic E-state index is 5.96. The van der Waals surface area contributed by atoms with E-state index in [0.29, 0.717) is 11.8 Å². The number of hydrogen-bond donors (Lipinski definition) is 0. The molecule has 0 aromatic carbocycles. The molecule has 0 rings (SSSR count). The Kier molecular flexibility index (Phi) is 11.9. The van der Waals surface area contributed by atoms with Crippen LogP contribution in [-0.2, 0) is 0 Å². The van der Waals surface area contributed by atoms with Crippen LogP contribution >= 0.6 is 11.6 Å². The molecule has 13 heavy (non-hydrogen) atoms. The third-order valence-corrected chi connectivity index (χ3v) is 2.74. The Morgan fingerprint density at radius 3 is 1.92 bits per heavy atom. The number of aliphatic imine (C=N–C) groups is 1. The lowest BCUT2D eigenvalue weighted by Gasteiger charge is -2.19. The normalized spacial score (nSPS) is 15.8. The van der Waals surface area contributed by atoms with Crippen molar-refractivity contribution in [2.45, 2.75) is 47.5 Å². The van der Waals surface area contributed by atoms with Crippen molar-refractivity contribution < 1.29 is 0 Å². The van der Waals surface area contributed by atoms with Crippen LogP contribution in [0.2, 0.25) is 0 Å². The quantitative estimate of drug-likeness (QED) is 0.605. The summed E-state index contributed by atoms with van der Waals surface area (Å²) in [6, 6.07) is 0. The Bertz CT molecular complexity index is 132. The lowest BCUT2D eigenvalue weighted by molar-refractivity contribution is 0.433. The number of hydrogen-bond acceptors (Lipinski definition) is 1. The van der Waals surface area contributed by atoms with Crippen LogP contribution < -0.4 is 0 Å². The number of nitrogens with zero attached hydrogens (tertiary/aromatic N) is 1. The molecular weight excluding hydrogens is 182 g/mol. The molecule has 2 heteroatoms. The summed E-state index contributed by atoms with van der Waals surface area (Å²) in [6.45, 7) is 10.6. The van der Waals surface area contributed by atoms with Crippen molar-refractivity contribution in [1.82, 2.24) is 0 Å². The predicted molar refractivity (Wildman–Crippen MR) is 63.8 cm³/mol. The highest BCUT2D eigenvalue weighted by molar-refractivity contribution is 6.65. The molecule has 2 unspecified atom stereocenters. The van der Waals surface area contributed by atoms with E-state index in [1.54, 1.807) is 7.05 Å². The van der Waals surface area contributed by atoms with Gasteiger partial charge in [-0.05, 0) is 12.3 Å². The molecule has 0 N–H and O–H groups in total. The van der Waals surface area contributed by atoms with Gasteiger partial charge in [-0.3, -0.25) is 4.99 Å². The lowest BCUT2D eigenvalue weighted by Crippen LogP contribution is -2.16. The van der Waals surface area contributed by atoms with E-state index >= 15 is 0 Å². The van der Waals surface area contributed by atoms with Crippen LogP contribution in [0.3, 0.4) is 0 Å². The minimum Gasteiger partial charge on any atom is -0.281 e. The van der Waals surface area contributed by atoms with E-state index in [0.717, 1.165) is 11.6 Å². The molecule has 0 heterocycles. The Morgan fingerprint density at radius 2 is 1.69 bits per heavy atom. The number of rotatable bonds is 4. The van der Waals surface area contributed by atoms with Gasteiger partial charge >= 0.3 is 0 Å². The zero-order valence-electron chi connectivity index (χ0n) is 9.89. The van der Waals surface area contributed by atoms with Crippen molar-refractivity contribution in [2.75, 3.05) is 7.05 Å². The van der Waals surface area contributed by atoms with Crippen LogP contribution in [0, 0.1) is 11.8 Å². The summed E-state index contributed by atoms with van der Waals surface area (Å²) in [5.74, 6) is 1.11. The van der Waals surface area contributed by atoms with E-state index < -0.39 is 0 Å². The summed E-state index contributed by atoms with van der Waals surface area (Å²) in [6.07, 6.45) is 2.26. The van der Waals surface area contributed by atoms with E-state index in [-0.39, 0.29) is 0 Å². The van der Waals surface area contributed by atoms with Gasteiger partial charge in [0, 0.05) is 13.0 Å². The molecule has 2 atom stereocenters. The molecule has 0 fully saturated rings. The SMILES string of the molecule is CC.CCC(C)C(CC)C(Cl)=NC. The molecule has 0 aliphatic rings. The molecule has 1 nitrogen and oxygen atoms in total. The fourth-order valence-electron chi connectivity index (χ4n) is 1.26. The summed E-state index contributed by atoms with van der Waals surface area (Å²) in [7, 11) is 1.76. The second-order valence-corrected chi connectivity index (χ2v) is 3.33. The fraction of sp³-hybridized carbons (Fsp3) is 0.909. The van der Waals surface area contributed by atoms with Crippen LogP contribution in [0.15, 0.2) is 4.99 Å². The maximum absolute atomic E-state index is 5.96. The summed E-state index contributed by atoms with van der Waals surface area (Å²) in [5, 5.41) is 0.779. The van der Waals surface area contributed by atoms with E-state index in [9.17, 15) is 0 Å². The minimum atomic E-state index is 0.465. The minimum absolute atomic E-state index is 0.465. The van der Waals surface area contributed by atoms with Crippen LogP contribution in [0.25, 0.3) is 0 Å². The first kappa shape index (κ1) is 15.4. The Hall–Kier alpha value is -0.0400. The third kappa shape index (κ3) is 6.09. The van der Waals surface area contributed by atoms with E-state index in [1.807, 2.05) is 13.8 Å². The van der Waals surface area contributed by atoms with Gasteiger partial charge in [0.15, 0.2) is 0 Å². The van der Waals surface area contributed by atoms with Gasteiger partial charge < -0.3 is 0 Å². The van der Waals surface area contributed by atoms with Gasteiger partial charge in [0.05, 0.1) is 0 Å². The number of halogens is 1. The van der Waals surface area contributed by atoms with Crippen molar-refractivity contribution in [3.63, 3.8) is 0 Å². The fourth-order valence-corrected chi connectivity index (χ4v) is 1.63. The van der Waals surface area contributed by atoms with Crippen LogP contribution in [0.4, 0.5) is 0 Å². The zero-order valence-corrected chi connectivity index (χ0v) is 10.7. The van der Waals surface area contributed by atoms with Crippen LogP contribution in [0.5, 0.6) is 0 Å². The molecule has 0 aromatic rings. The van der Waals surface area contributed by atoms with Crippen molar-refractivity contribution in [2.24, 2.45) is 16.8 Å². The van der Waals surface area contributed by atoms with E-state index in [2.05, 4.69) is 25.8 Å². The van der Waals surface area contributed by atoms with Crippen LogP contribution in [0.1, 0.15) is 47.5 Å². The summed E-state index contributed by atoms with van der Waals surface area (Å²) < 4.78 is 0. The van der Waals surface area contributed by atoms with Crippen molar-refractivity contribution in [3.8, 4) is 0 Å². The third-order valence-electron chi connectivity index (χ3n) is 2.29. The largest absolute Gasteiger partial charge is 0.281 e. The average molecular weight is 206 g/mol. The Labute approximate surface area is 88.6 Å². The summed E-state index contributed by atoms with van der Waals surface area (Å²) >= 11 is 5.96. The topological polar surface area (TPSA) is 12.4 Å². The first-order valence-corrected chi connectivity index (χ1v) is 5.67. The Balaban J connectivity index is 0. The highest BCUT2D eigenvalue weighted by atomic mass is 35.5. The molecule has 0 aliphatic heterocycles. The first-order chi connectivity index (χ1) is 6.17. The molecule has 0 saturated carbocycles. The van der Waals surface area contributed by atoms with E-state index in [1.165, 1.54) is 6.42 Å². The molecule has 0 aliphatic carbocycles. The average Bonchev–Trinajstić information content (AvgIpc) is 2.21. The Morgan fingerprint density at radius 1 is 1.23 bits per heavy atom. The first-order valence-electron chi connectivity index (χ1n) is 5.29. The monoisotopic (exact) mass is 205 g/mol. The summed E-state index contributed by atoms with van der Waals surface area (Å²) in [5.41, 5.74) is 0. The standard InChI is InChI=1S/C9H18ClN.C2H6/c1-5-7(3)8(6-2)9(10)11-4;1-2/h7-8H,5-6H2,1-4H3;1-2H3. The predicted octanol–water partition coefficient (Wildman–Crippen LogP) is 4.35. The zero-order chi connectivity index (χ0) is 10.9. The van der Waals surface area contributed by atoms with Gasteiger partial charge in [-0.1, -0.05) is 52.6 Å². The van der Waals surface area contributed by atoms with Gasteiger partial charge in [0.1, 0.15) is 5.17 Å². The summed E-state index contributed by atoms with van der Waals surface area (Å²) in [4.78, 5) is 4.01. The van der Waals surface area contributed by atoms with Gasteiger partial charge in [0.25, 0.3) is 0 Å². The van der Waals surface area contributed by atoms with Crippen molar-refractivity contribution in [3.05, 3.63) is 0 Å². The van der Waals surface area contributed by atoms with Crippen LogP contribution in [-0.4, -0.2) is 12.2 Å².